The van der Waals surface area contributed by atoms with Crippen molar-refractivity contribution >= 4 is 11.8 Å². The second-order valence-corrected chi connectivity index (χ2v) is 8.30. The molecule has 0 unspecified atom stereocenters. The van der Waals surface area contributed by atoms with Gasteiger partial charge in [-0.3, -0.25) is 14.6 Å². The first-order valence-electron chi connectivity index (χ1n) is 9.61. The second-order valence-electron chi connectivity index (χ2n) is 8.30. The first-order valence-corrected chi connectivity index (χ1v) is 9.61. The second kappa shape index (κ2) is 6.77. The minimum atomic E-state index is -0.111. The van der Waals surface area contributed by atoms with Crippen LogP contribution in [0.4, 0.5) is 0 Å². The Bertz CT molecular complexity index is 608. The molecule has 4 aliphatic rings. The van der Waals surface area contributed by atoms with Crippen molar-refractivity contribution in [3.05, 3.63) is 30.1 Å². The number of carbonyl (C=O) groups is 2. The van der Waals surface area contributed by atoms with Crippen LogP contribution in [0.2, 0.25) is 0 Å². The molecule has 0 radical (unpaired) electrons. The summed E-state index contributed by atoms with van der Waals surface area (Å²) < 4.78 is 0. The van der Waals surface area contributed by atoms with E-state index in [4.69, 9.17) is 0 Å². The number of nitrogens with one attached hydrogen (secondary N) is 2. The maximum atomic E-state index is 12.8. The summed E-state index contributed by atoms with van der Waals surface area (Å²) in [7, 11) is 0. The highest BCUT2D eigenvalue weighted by molar-refractivity contribution is 5.93. The lowest BCUT2D eigenvalue weighted by molar-refractivity contribution is -0.146. The van der Waals surface area contributed by atoms with Crippen molar-refractivity contribution in [1.82, 2.24) is 15.6 Å². The molecule has 2 amide bonds. The van der Waals surface area contributed by atoms with Gasteiger partial charge in [0.25, 0.3) is 5.91 Å². The molecule has 4 aliphatic carbocycles. The van der Waals surface area contributed by atoms with Gasteiger partial charge in [0.2, 0.25) is 5.91 Å². The third-order valence-corrected chi connectivity index (χ3v) is 6.37. The highest BCUT2D eigenvalue weighted by Crippen LogP contribution is 2.60. The van der Waals surface area contributed by atoms with Crippen LogP contribution in [0.25, 0.3) is 0 Å². The van der Waals surface area contributed by atoms with E-state index in [-0.39, 0.29) is 17.2 Å². The Morgan fingerprint density at radius 2 is 1.68 bits per heavy atom. The minimum absolute atomic E-state index is 0.0757. The number of amides is 2. The van der Waals surface area contributed by atoms with E-state index in [0.29, 0.717) is 18.7 Å². The molecular weight excluding hydrogens is 314 g/mol. The van der Waals surface area contributed by atoms with Crippen LogP contribution in [0.3, 0.4) is 0 Å². The van der Waals surface area contributed by atoms with Gasteiger partial charge >= 0.3 is 0 Å². The molecule has 0 atom stereocenters. The van der Waals surface area contributed by atoms with Gasteiger partial charge in [0.15, 0.2) is 0 Å². The van der Waals surface area contributed by atoms with E-state index in [0.717, 1.165) is 43.4 Å². The largest absolute Gasteiger partial charge is 0.356 e. The van der Waals surface area contributed by atoms with E-state index in [1.165, 1.54) is 19.3 Å². The number of aromatic nitrogens is 1. The van der Waals surface area contributed by atoms with Gasteiger partial charge in [-0.1, -0.05) is 0 Å². The fourth-order valence-electron chi connectivity index (χ4n) is 5.67. The summed E-state index contributed by atoms with van der Waals surface area (Å²) in [6.45, 7) is 1.20. The van der Waals surface area contributed by atoms with E-state index < -0.39 is 0 Å². The van der Waals surface area contributed by atoms with Gasteiger partial charge in [0.05, 0.1) is 5.56 Å². The lowest BCUT2D eigenvalue weighted by Gasteiger charge is -2.55. The van der Waals surface area contributed by atoms with Crippen LogP contribution in [-0.4, -0.2) is 29.9 Å². The molecule has 5 heteroatoms. The van der Waals surface area contributed by atoms with Gasteiger partial charge in [-0.25, -0.2) is 0 Å². The first kappa shape index (κ1) is 16.6. The van der Waals surface area contributed by atoms with Gasteiger partial charge < -0.3 is 10.6 Å². The average Bonchev–Trinajstić information content (AvgIpc) is 2.60. The topological polar surface area (TPSA) is 71.1 Å². The van der Waals surface area contributed by atoms with E-state index >= 15 is 0 Å². The molecule has 0 aromatic carbocycles. The van der Waals surface area contributed by atoms with Crippen LogP contribution in [0.1, 0.15) is 55.3 Å². The number of carbonyl (C=O) groups excluding carboxylic acids is 2. The molecule has 1 aromatic rings. The molecule has 4 bridgehead atoms. The molecular formula is C20H27N3O2. The molecule has 134 valence electrons. The zero-order chi connectivity index (χ0) is 17.3. The lowest BCUT2D eigenvalue weighted by Crippen LogP contribution is -2.53. The van der Waals surface area contributed by atoms with Crippen molar-refractivity contribution in [2.24, 2.45) is 23.2 Å². The third-order valence-electron chi connectivity index (χ3n) is 6.37. The molecule has 1 heterocycles. The van der Waals surface area contributed by atoms with Crippen LogP contribution >= 0.6 is 0 Å². The Kier molecular flexibility index (Phi) is 4.48. The van der Waals surface area contributed by atoms with Crippen molar-refractivity contribution in [2.75, 3.05) is 13.1 Å². The number of pyridine rings is 1. The Balaban J connectivity index is 1.20. The quantitative estimate of drug-likeness (QED) is 0.781. The number of rotatable bonds is 6. The summed E-state index contributed by atoms with van der Waals surface area (Å²) in [6, 6.07) is 3.50. The van der Waals surface area contributed by atoms with Crippen LogP contribution in [0, 0.1) is 23.2 Å². The average molecular weight is 341 g/mol. The molecule has 4 saturated carbocycles. The van der Waals surface area contributed by atoms with Crippen molar-refractivity contribution in [2.45, 2.75) is 44.9 Å². The molecule has 25 heavy (non-hydrogen) atoms. The summed E-state index contributed by atoms with van der Waals surface area (Å²) in [5.41, 5.74) is 0.494. The zero-order valence-corrected chi connectivity index (χ0v) is 14.7. The van der Waals surface area contributed by atoms with E-state index in [2.05, 4.69) is 15.6 Å². The van der Waals surface area contributed by atoms with Crippen molar-refractivity contribution < 1.29 is 9.59 Å². The van der Waals surface area contributed by atoms with E-state index in [1.807, 2.05) is 0 Å². The van der Waals surface area contributed by atoms with Crippen molar-refractivity contribution in [3.8, 4) is 0 Å². The normalized spacial score (nSPS) is 32.4. The predicted octanol–water partition coefficient (Wildman–Crippen LogP) is 2.53. The van der Waals surface area contributed by atoms with Gasteiger partial charge in [-0.05, 0) is 74.8 Å². The smallest absolute Gasteiger partial charge is 0.252 e. The van der Waals surface area contributed by atoms with Crippen LogP contribution < -0.4 is 10.6 Å². The summed E-state index contributed by atoms with van der Waals surface area (Å²) in [5, 5.41) is 6.03. The summed E-state index contributed by atoms with van der Waals surface area (Å²) in [5.74, 6) is 2.52. The van der Waals surface area contributed by atoms with Crippen LogP contribution in [0.5, 0.6) is 0 Å². The summed E-state index contributed by atoms with van der Waals surface area (Å²) in [6.07, 6.45) is 11.3. The highest BCUT2D eigenvalue weighted by Gasteiger charge is 2.54. The van der Waals surface area contributed by atoms with Gasteiger partial charge in [0.1, 0.15) is 0 Å². The van der Waals surface area contributed by atoms with Crippen LogP contribution in [-0.2, 0) is 4.79 Å². The molecule has 0 saturated heterocycles. The van der Waals surface area contributed by atoms with E-state index in [9.17, 15) is 9.59 Å². The predicted molar refractivity (Wildman–Crippen MR) is 94.8 cm³/mol. The molecule has 4 fully saturated rings. The SMILES string of the molecule is O=C(NCCCNC(=O)C12CC3CC(CC(C3)C1)C2)c1cccnc1. The minimum Gasteiger partial charge on any atom is -0.356 e. The molecule has 0 spiro atoms. The monoisotopic (exact) mass is 341 g/mol. The maximum absolute atomic E-state index is 12.8. The maximum Gasteiger partial charge on any atom is 0.252 e. The first-order chi connectivity index (χ1) is 12.1. The lowest BCUT2D eigenvalue weighted by atomic mass is 9.49. The fourth-order valence-corrected chi connectivity index (χ4v) is 5.67. The Morgan fingerprint density at radius 1 is 1.04 bits per heavy atom. The van der Waals surface area contributed by atoms with Gasteiger partial charge in [-0.15, -0.1) is 0 Å². The highest BCUT2D eigenvalue weighted by atomic mass is 16.2. The van der Waals surface area contributed by atoms with Gasteiger partial charge in [0, 0.05) is 30.9 Å². The molecule has 5 nitrogen and oxygen atoms in total. The van der Waals surface area contributed by atoms with E-state index in [1.54, 1.807) is 24.5 Å². The molecule has 5 rings (SSSR count). The van der Waals surface area contributed by atoms with Crippen molar-refractivity contribution in [3.63, 3.8) is 0 Å². The Hall–Kier alpha value is -1.91. The molecule has 0 aliphatic heterocycles. The standard InChI is InChI=1S/C20H27N3O2/c24-18(17-3-1-4-21-13-17)22-5-2-6-23-19(25)20-10-14-7-15(11-20)9-16(8-14)12-20/h1,3-4,13-16H,2,5-12H2,(H,22,24)(H,23,25). The molecule has 1 aromatic heterocycles. The zero-order valence-electron chi connectivity index (χ0n) is 14.7. The third kappa shape index (κ3) is 3.42. The van der Waals surface area contributed by atoms with Gasteiger partial charge in [-0.2, -0.15) is 0 Å². The number of nitrogens with zero attached hydrogens (tertiary/aromatic N) is 1. The van der Waals surface area contributed by atoms with Crippen LogP contribution in [0.15, 0.2) is 24.5 Å². The molecule has 2 N–H and O–H groups in total. The fraction of sp³-hybridized carbons (Fsp3) is 0.650. The summed E-state index contributed by atoms with van der Waals surface area (Å²) in [4.78, 5) is 28.7. The van der Waals surface area contributed by atoms with Crippen molar-refractivity contribution in [1.29, 1.82) is 0 Å². The summed E-state index contributed by atoms with van der Waals surface area (Å²) >= 11 is 0. The Labute approximate surface area is 149 Å². The Morgan fingerprint density at radius 3 is 2.28 bits per heavy atom. The number of hydrogen-bond donors (Lipinski definition) is 2. The number of hydrogen-bond acceptors (Lipinski definition) is 3.